The lowest BCUT2D eigenvalue weighted by molar-refractivity contribution is 0.0519. The smallest absolute Gasteiger partial charge is 0.355 e. The third-order valence-corrected chi connectivity index (χ3v) is 2.58. The zero-order valence-corrected chi connectivity index (χ0v) is 9.88. The summed E-state index contributed by atoms with van der Waals surface area (Å²) in [5, 5.41) is 8.70. The van der Waals surface area contributed by atoms with Gasteiger partial charge in [0.1, 0.15) is 5.69 Å². The van der Waals surface area contributed by atoms with E-state index in [1.54, 1.807) is 6.92 Å². The molecule has 0 aromatic carbocycles. The highest BCUT2D eigenvalue weighted by molar-refractivity contribution is 5.89. The Bertz CT molecular complexity index is 344. The second-order valence-corrected chi connectivity index (χ2v) is 3.72. The number of aromatic amines is 1. The number of nitrogens with one attached hydrogen (secondary N) is 1. The minimum Gasteiger partial charge on any atom is -0.461 e. The predicted molar refractivity (Wildman–Crippen MR) is 61.5 cm³/mol. The maximum absolute atomic E-state index is 11.5. The van der Waals surface area contributed by atoms with Crippen molar-refractivity contribution in [3.63, 3.8) is 0 Å². The lowest BCUT2D eigenvalue weighted by Gasteiger charge is -2.02. The number of esters is 1. The first-order chi connectivity index (χ1) is 7.70. The van der Waals surface area contributed by atoms with Gasteiger partial charge in [0.25, 0.3) is 0 Å². The van der Waals surface area contributed by atoms with Crippen molar-refractivity contribution in [2.75, 3.05) is 13.2 Å². The summed E-state index contributed by atoms with van der Waals surface area (Å²) in [6.45, 7) is 4.31. The van der Waals surface area contributed by atoms with Gasteiger partial charge in [-0.1, -0.05) is 0 Å². The normalized spacial score (nSPS) is 10.4. The zero-order chi connectivity index (χ0) is 12.0. The molecule has 0 aliphatic carbocycles. The molecule has 0 bridgehead atoms. The Morgan fingerprint density at radius 1 is 1.50 bits per heavy atom. The molecule has 0 fully saturated rings. The van der Waals surface area contributed by atoms with Gasteiger partial charge in [-0.15, -0.1) is 0 Å². The van der Waals surface area contributed by atoms with Crippen LogP contribution in [0.5, 0.6) is 0 Å². The molecule has 1 aromatic heterocycles. The lowest BCUT2D eigenvalue weighted by atomic mass is 10.1. The van der Waals surface area contributed by atoms with E-state index in [-0.39, 0.29) is 12.6 Å². The largest absolute Gasteiger partial charge is 0.461 e. The Morgan fingerprint density at radius 2 is 2.25 bits per heavy atom. The Kier molecular flexibility index (Phi) is 5.05. The Labute approximate surface area is 95.6 Å². The summed E-state index contributed by atoms with van der Waals surface area (Å²) in [6, 6.07) is 0. The van der Waals surface area contributed by atoms with Crippen molar-refractivity contribution in [1.82, 2.24) is 4.98 Å². The van der Waals surface area contributed by atoms with E-state index in [1.807, 2.05) is 13.1 Å². The summed E-state index contributed by atoms with van der Waals surface area (Å²) >= 11 is 0. The summed E-state index contributed by atoms with van der Waals surface area (Å²) in [5.74, 6) is -0.298. The van der Waals surface area contributed by atoms with Gasteiger partial charge in [-0.25, -0.2) is 4.79 Å². The third-order valence-electron chi connectivity index (χ3n) is 2.58. The fraction of sp³-hybridized carbons (Fsp3) is 0.583. The maximum atomic E-state index is 11.5. The van der Waals surface area contributed by atoms with Crippen LogP contribution in [0.2, 0.25) is 0 Å². The van der Waals surface area contributed by atoms with Crippen LogP contribution in [0.25, 0.3) is 0 Å². The van der Waals surface area contributed by atoms with Crippen molar-refractivity contribution >= 4 is 5.97 Å². The molecule has 0 amide bonds. The first-order valence-corrected chi connectivity index (χ1v) is 5.65. The number of aliphatic hydroxyl groups excluding tert-OH is 1. The average molecular weight is 225 g/mol. The number of rotatable bonds is 6. The molecule has 0 radical (unpaired) electrons. The maximum Gasteiger partial charge on any atom is 0.355 e. The molecule has 1 rings (SSSR count). The highest BCUT2D eigenvalue weighted by atomic mass is 16.5. The molecule has 0 unspecified atom stereocenters. The van der Waals surface area contributed by atoms with E-state index < -0.39 is 0 Å². The SMILES string of the molecule is CCOC(=O)c1[nH]cc(CCCCO)c1C. The number of unbranched alkanes of at least 4 members (excludes halogenated alkanes) is 1. The molecule has 90 valence electrons. The lowest BCUT2D eigenvalue weighted by Crippen LogP contribution is -2.06. The molecule has 4 heteroatoms. The van der Waals surface area contributed by atoms with Gasteiger partial charge in [0, 0.05) is 12.8 Å². The van der Waals surface area contributed by atoms with E-state index in [2.05, 4.69) is 4.98 Å². The van der Waals surface area contributed by atoms with Gasteiger partial charge in [-0.05, 0) is 44.2 Å². The predicted octanol–water partition coefficient (Wildman–Crippen LogP) is 1.81. The molecule has 4 nitrogen and oxygen atoms in total. The van der Waals surface area contributed by atoms with Gasteiger partial charge in [-0.2, -0.15) is 0 Å². The van der Waals surface area contributed by atoms with Crippen molar-refractivity contribution in [2.45, 2.75) is 33.1 Å². The average Bonchev–Trinajstić information content (AvgIpc) is 2.61. The first-order valence-electron chi connectivity index (χ1n) is 5.65. The monoisotopic (exact) mass is 225 g/mol. The van der Waals surface area contributed by atoms with Crippen LogP contribution in [-0.2, 0) is 11.2 Å². The molecule has 1 aromatic rings. The molecule has 0 saturated carbocycles. The molecule has 1 heterocycles. The van der Waals surface area contributed by atoms with Crippen LogP contribution < -0.4 is 0 Å². The molecule has 0 aliphatic heterocycles. The Balaban J connectivity index is 2.64. The highest BCUT2D eigenvalue weighted by Gasteiger charge is 2.14. The van der Waals surface area contributed by atoms with E-state index in [0.29, 0.717) is 12.3 Å². The van der Waals surface area contributed by atoms with Crippen molar-refractivity contribution in [2.24, 2.45) is 0 Å². The summed E-state index contributed by atoms with van der Waals surface area (Å²) in [5.41, 5.74) is 2.62. The van der Waals surface area contributed by atoms with E-state index in [9.17, 15) is 4.79 Å². The van der Waals surface area contributed by atoms with Gasteiger partial charge < -0.3 is 14.8 Å². The van der Waals surface area contributed by atoms with Crippen LogP contribution in [0, 0.1) is 6.92 Å². The molecule has 0 aliphatic rings. The number of ether oxygens (including phenoxy) is 1. The number of hydrogen-bond acceptors (Lipinski definition) is 3. The highest BCUT2D eigenvalue weighted by Crippen LogP contribution is 2.16. The topological polar surface area (TPSA) is 62.3 Å². The van der Waals surface area contributed by atoms with E-state index in [1.165, 1.54) is 0 Å². The summed E-state index contributed by atoms with van der Waals surface area (Å²) < 4.78 is 4.94. The first kappa shape index (κ1) is 12.8. The molecular weight excluding hydrogens is 206 g/mol. The van der Waals surface area contributed by atoms with Crippen LogP contribution in [0.3, 0.4) is 0 Å². The number of hydrogen-bond donors (Lipinski definition) is 2. The molecular formula is C12H19NO3. The molecule has 16 heavy (non-hydrogen) atoms. The molecule has 0 saturated heterocycles. The van der Waals surface area contributed by atoms with Gasteiger partial charge >= 0.3 is 5.97 Å². The summed E-state index contributed by atoms with van der Waals surface area (Å²) in [6.07, 6.45) is 4.44. The Hall–Kier alpha value is -1.29. The van der Waals surface area contributed by atoms with Crippen molar-refractivity contribution in [3.8, 4) is 0 Å². The number of aliphatic hydroxyl groups is 1. The number of H-pyrrole nitrogens is 1. The van der Waals surface area contributed by atoms with E-state index >= 15 is 0 Å². The third kappa shape index (κ3) is 3.10. The van der Waals surface area contributed by atoms with Gasteiger partial charge in [-0.3, -0.25) is 0 Å². The van der Waals surface area contributed by atoms with Gasteiger partial charge in [0.05, 0.1) is 6.61 Å². The molecule has 0 spiro atoms. The van der Waals surface area contributed by atoms with Crippen molar-refractivity contribution < 1.29 is 14.6 Å². The van der Waals surface area contributed by atoms with Gasteiger partial charge in [0.2, 0.25) is 0 Å². The summed E-state index contributed by atoms with van der Waals surface area (Å²) in [4.78, 5) is 14.5. The second kappa shape index (κ2) is 6.33. The molecule has 0 atom stereocenters. The van der Waals surface area contributed by atoms with Crippen LogP contribution in [0.1, 0.15) is 41.4 Å². The van der Waals surface area contributed by atoms with Crippen molar-refractivity contribution in [3.05, 3.63) is 23.0 Å². The quantitative estimate of drug-likeness (QED) is 0.573. The fourth-order valence-corrected chi connectivity index (χ4v) is 1.64. The second-order valence-electron chi connectivity index (χ2n) is 3.72. The minimum atomic E-state index is -0.298. The van der Waals surface area contributed by atoms with E-state index in [4.69, 9.17) is 9.84 Å². The fourth-order valence-electron chi connectivity index (χ4n) is 1.64. The molecule has 2 N–H and O–H groups in total. The standard InChI is InChI=1S/C12H19NO3/c1-3-16-12(15)11-9(2)10(8-13-11)6-4-5-7-14/h8,13-14H,3-7H2,1-2H3. The summed E-state index contributed by atoms with van der Waals surface area (Å²) in [7, 11) is 0. The van der Waals surface area contributed by atoms with Crippen LogP contribution in [0.4, 0.5) is 0 Å². The zero-order valence-electron chi connectivity index (χ0n) is 9.88. The number of carbonyl (C=O) groups excluding carboxylic acids is 1. The van der Waals surface area contributed by atoms with Crippen LogP contribution in [-0.4, -0.2) is 29.3 Å². The number of carbonyl (C=O) groups is 1. The van der Waals surface area contributed by atoms with Crippen molar-refractivity contribution in [1.29, 1.82) is 0 Å². The van der Waals surface area contributed by atoms with Gasteiger partial charge in [0.15, 0.2) is 0 Å². The van der Waals surface area contributed by atoms with Crippen LogP contribution in [0.15, 0.2) is 6.20 Å². The van der Waals surface area contributed by atoms with E-state index in [0.717, 1.165) is 30.4 Å². The number of aryl methyl sites for hydroxylation is 1. The van der Waals surface area contributed by atoms with Crippen LogP contribution >= 0.6 is 0 Å². The number of aromatic nitrogens is 1. The minimum absolute atomic E-state index is 0.216. The Morgan fingerprint density at radius 3 is 2.88 bits per heavy atom.